The number of sulfone groups is 1. The largest absolute Gasteiger partial charge is 0.399 e. The van der Waals surface area contributed by atoms with Gasteiger partial charge in [-0.05, 0) is 40.5 Å². The van der Waals surface area contributed by atoms with Crippen molar-refractivity contribution in [3.8, 4) is 0 Å². The van der Waals surface area contributed by atoms with Gasteiger partial charge in [-0.1, -0.05) is 6.92 Å². The van der Waals surface area contributed by atoms with Crippen molar-refractivity contribution in [2.75, 3.05) is 5.73 Å². The number of nitrogen functional groups attached to an aromatic ring is 1. The molecule has 0 aliphatic carbocycles. The first-order valence-electron chi connectivity index (χ1n) is 6.23. The minimum absolute atomic E-state index is 0.0758. The molecule has 0 fully saturated rings. The lowest BCUT2D eigenvalue weighted by molar-refractivity contribution is 0.587. The Labute approximate surface area is 131 Å². The number of aryl methyl sites for hydroxylation is 2. The maximum atomic E-state index is 13.3. The van der Waals surface area contributed by atoms with Crippen molar-refractivity contribution in [3.63, 3.8) is 0 Å². The number of hydrogen-bond donors (Lipinski definition) is 1. The fourth-order valence-electron chi connectivity index (χ4n) is 2.00. The summed E-state index contributed by atoms with van der Waals surface area (Å²) in [5.41, 5.74) is 6.88. The average molecular weight is 376 g/mol. The van der Waals surface area contributed by atoms with Crippen molar-refractivity contribution in [1.29, 1.82) is 0 Å². The Balaban J connectivity index is 2.44. The van der Waals surface area contributed by atoms with Crippen LogP contribution in [0.15, 0.2) is 27.6 Å². The van der Waals surface area contributed by atoms with E-state index in [1.165, 1.54) is 10.7 Å². The van der Waals surface area contributed by atoms with E-state index in [4.69, 9.17) is 5.73 Å². The summed E-state index contributed by atoms with van der Waals surface area (Å²) in [5, 5.41) is 4.25. The lowest BCUT2D eigenvalue weighted by Gasteiger charge is -2.07. The number of anilines is 1. The number of nitrogens with zero attached hydrogens (tertiary/aromatic N) is 2. The van der Waals surface area contributed by atoms with Crippen molar-refractivity contribution in [1.82, 2.24) is 9.78 Å². The molecule has 0 saturated heterocycles. The zero-order chi connectivity index (χ0) is 15.8. The number of hydrogen-bond acceptors (Lipinski definition) is 4. The normalized spacial score (nSPS) is 11.8. The van der Waals surface area contributed by atoms with Crippen LogP contribution in [0, 0.1) is 5.82 Å². The third-order valence-corrected chi connectivity index (χ3v) is 5.61. The fraction of sp³-hybridized carbons (Fsp3) is 0.308. The van der Waals surface area contributed by atoms with E-state index in [2.05, 4.69) is 21.0 Å². The van der Waals surface area contributed by atoms with Crippen LogP contribution in [0.4, 0.5) is 10.1 Å². The molecule has 0 bridgehead atoms. The molecule has 1 aromatic carbocycles. The summed E-state index contributed by atoms with van der Waals surface area (Å²) >= 11 is 3.37. The molecule has 2 rings (SSSR count). The van der Waals surface area contributed by atoms with Crippen molar-refractivity contribution in [2.24, 2.45) is 7.05 Å². The van der Waals surface area contributed by atoms with Crippen molar-refractivity contribution in [3.05, 3.63) is 39.9 Å². The standard InChI is InChI=1S/C13H15BrFN3O2S/c1-3-11-13(14)12(18(2)17-11)7-21(19,20)10-5-8(15)4-9(16)6-10/h4-6H,3,7,16H2,1-2H3. The number of benzene rings is 1. The minimum atomic E-state index is -3.71. The smallest absolute Gasteiger partial charge is 0.184 e. The third kappa shape index (κ3) is 3.26. The Kier molecular flexibility index (Phi) is 4.38. The summed E-state index contributed by atoms with van der Waals surface area (Å²) < 4.78 is 40.4. The van der Waals surface area contributed by atoms with E-state index in [1.54, 1.807) is 7.05 Å². The predicted octanol–water partition coefficient (Wildman–Crippen LogP) is 2.44. The van der Waals surface area contributed by atoms with Crippen LogP contribution in [0.3, 0.4) is 0 Å². The van der Waals surface area contributed by atoms with Gasteiger partial charge in [0.05, 0.1) is 26.5 Å². The van der Waals surface area contributed by atoms with Gasteiger partial charge in [-0.3, -0.25) is 4.68 Å². The van der Waals surface area contributed by atoms with Gasteiger partial charge >= 0.3 is 0 Å². The molecule has 8 heteroatoms. The molecule has 21 heavy (non-hydrogen) atoms. The van der Waals surface area contributed by atoms with E-state index >= 15 is 0 Å². The highest BCUT2D eigenvalue weighted by Crippen LogP contribution is 2.26. The molecule has 0 radical (unpaired) electrons. The Morgan fingerprint density at radius 1 is 1.38 bits per heavy atom. The quantitative estimate of drug-likeness (QED) is 0.832. The van der Waals surface area contributed by atoms with Gasteiger partial charge in [-0.15, -0.1) is 0 Å². The number of rotatable bonds is 4. The second-order valence-corrected chi connectivity index (χ2v) is 7.45. The molecular weight excluding hydrogens is 361 g/mol. The van der Waals surface area contributed by atoms with Gasteiger partial charge in [0.2, 0.25) is 0 Å². The zero-order valence-corrected chi connectivity index (χ0v) is 14.0. The van der Waals surface area contributed by atoms with Crippen LogP contribution >= 0.6 is 15.9 Å². The van der Waals surface area contributed by atoms with Crippen LogP contribution in [0.25, 0.3) is 0 Å². The summed E-state index contributed by atoms with van der Waals surface area (Å²) in [6.07, 6.45) is 0.682. The Morgan fingerprint density at radius 2 is 2.05 bits per heavy atom. The van der Waals surface area contributed by atoms with Crippen LogP contribution in [0.1, 0.15) is 18.3 Å². The molecule has 0 atom stereocenters. The molecule has 5 nitrogen and oxygen atoms in total. The summed E-state index contributed by atoms with van der Waals surface area (Å²) in [6, 6.07) is 3.30. The van der Waals surface area contributed by atoms with Gasteiger partial charge in [0.25, 0.3) is 0 Å². The van der Waals surface area contributed by atoms with E-state index in [1.807, 2.05) is 6.92 Å². The maximum Gasteiger partial charge on any atom is 0.184 e. The van der Waals surface area contributed by atoms with Gasteiger partial charge in [0.1, 0.15) is 5.82 Å². The van der Waals surface area contributed by atoms with Crippen molar-refractivity contribution < 1.29 is 12.8 Å². The van der Waals surface area contributed by atoms with Crippen LogP contribution in [-0.4, -0.2) is 18.2 Å². The Morgan fingerprint density at radius 3 is 2.57 bits per heavy atom. The second kappa shape index (κ2) is 5.76. The summed E-state index contributed by atoms with van der Waals surface area (Å²) in [6.45, 7) is 1.93. The highest BCUT2D eigenvalue weighted by atomic mass is 79.9. The van der Waals surface area contributed by atoms with Crippen molar-refractivity contribution >= 4 is 31.5 Å². The predicted molar refractivity (Wildman–Crippen MR) is 82.0 cm³/mol. The molecule has 0 amide bonds. The maximum absolute atomic E-state index is 13.3. The summed E-state index contributed by atoms with van der Waals surface area (Å²) in [5.74, 6) is -0.952. The molecule has 0 saturated carbocycles. The van der Waals surface area contributed by atoms with E-state index in [9.17, 15) is 12.8 Å². The van der Waals surface area contributed by atoms with E-state index < -0.39 is 15.7 Å². The summed E-state index contributed by atoms with van der Waals surface area (Å²) in [4.78, 5) is -0.133. The van der Waals surface area contributed by atoms with Crippen LogP contribution in [-0.2, 0) is 29.1 Å². The molecular formula is C13H15BrFN3O2S. The van der Waals surface area contributed by atoms with Crippen LogP contribution in [0.5, 0.6) is 0 Å². The molecule has 114 valence electrons. The second-order valence-electron chi connectivity index (χ2n) is 4.66. The molecule has 1 heterocycles. The fourth-order valence-corrected chi connectivity index (χ4v) is 4.41. The monoisotopic (exact) mass is 375 g/mol. The van der Waals surface area contributed by atoms with E-state index in [-0.39, 0.29) is 16.3 Å². The highest BCUT2D eigenvalue weighted by Gasteiger charge is 2.22. The lowest BCUT2D eigenvalue weighted by atomic mass is 10.3. The first-order chi connectivity index (χ1) is 9.74. The summed E-state index contributed by atoms with van der Waals surface area (Å²) in [7, 11) is -2.03. The van der Waals surface area contributed by atoms with Gasteiger partial charge in [-0.2, -0.15) is 5.10 Å². The topological polar surface area (TPSA) is 78.0 Å². The number of aromatic nitrogens is 2. The molecule has 0 aliphatic rings. The molecule has 0 unspecified atom stereocenters. The lowest BCUT2D eigenvalue weighted by Crippen LogP contribution is -2.10. The number of nitrogens with two attached hydrogens (primary N) is 1. The van der Waals surface area contributed by atoms with Crippen LogP contribution < -0.4 is 5.73 Å². The highest BCUT2D eigenvalue weighted by molar-refractivity contribution is 9.10. The Bertz CT molecular complexity index is 767. The van der Waals surface area contributed by atoms with E-state index in [0.717, 1.165) is 17.8 Å². The molecule has 1 aromatic heterocycles. The van der Waals surface area contributed by atoms with E-state index in [0.29, 0.717) is 16.6 Å². The van der Waals surface area contributed by atoms with Gasteiger partial charge in [0, 0.05) is 12.7 Å². The first kappa shape index (κ1) is 16.0. The molecule has 2 aromatic rings. The van der Waals surface area contributed by atoms with Gasteiger partial charge in [0.15, 0.2) is 9.84 Å². The average Bonchev–Trinajstić information content (AvgIpc) is 2.65. The molecule has 0 spiro atoms. The third-order valence-electron chi connectivity index (χ3n) is 3.08. The SMILES string of the molecule is CCc1nn(C)c(CS(=O)(=O)c2cc(N)cc(F)c2)c1Br. The first-order valence-corrected chi connectivity index (χ1v) is 8.68. The molecule has 2 N–H and O–H groups in total. The minimum Gasteiger partial charge on any atom is -0.399 e. The van der Waals surface area contributed by atoms with Gasteiger partial charge in [-0.25, -0.2) is 12.8 Å². The van der Waals surface area contributed by atoms with Crippen molar-refractivity contribution in [2.45, 2.75) is 24.0 Å². The zero-order valence-electron chi connectivity index (χ0n) is 11.6. The van der Waals surface area contributed by atoms with Gasteiger partial charge < -0.3 is 5.73 Å². The molecule has 0 aliphatic heterocycles. The van der Waals surface area contributed by atoms with Crippen LogP contribution in [0.2, 0.25) is 0 Å². The Hall–Kier alpha value is -1.41. The number of halogens is 2.